The first kappa shape index (κ1) is 23.8. The Morgan fingerprint density at radius 1 is 1.00 bits per heavy atom. The van der Waals surface area contributed by atoms with Crippen molar-refractivity contribution in [2.45, 2.75) is 4.90 Å². The Kier molecular flexibility index (Phi) is 7.04. The van der Waals surface area contributed by atoms with Crippen LogP contribution in [0.15, 0.2) is 65.6 Å². The fourth-order valence-electron chi connectivity index (χ4n) is 2.82. The van der Waals surface area contributed by atoms with Crippen molar-refractivity contribution in [1.82, 2.24) is 0 Å². The fraction of sp³-hybridized carbons (Fsp3) is 0.0952. The maximum atomic E-state index is 12.6. The predicted molar refractivity (Wildman–Crippen MR) is 123 cm³/mol. The highest BCUT2D eigenvalue weighted by atomic mass is 35.5. The lowest BCUT2D eigenvalue weighted by Gasteiger charge is -2.13. The van der Waals surface area contributed by atoms with Gasteiger partial charge in [-0.05, 0) is 36.4 Å². The molecule has 10 nitrogen and oxygen atoms in total. The van der Waals surface area contributed by atoms with Crippen LogP contribution in [-0.2, 0) is 10.0 Å². The number of nitro benzene ring substituents is 1. The van der Waals surface area contributed by atoms with Crippen LogP contribution in [-0.4, -0.2) is 33.5 Å². The van der Waals surface area contributed by atoms with Gasteiger partial charge in [0.25, 0.3) is 21.6 Å². The largest absolute Gasteiger partial charge is 0.495 e. The Hall–Kier alpha value is -3.83. The number of hydrogen-bond acceptors (Lipinski definition) is 7. The topological polar surface area (TPSA) is 137 Å². The molecule has 0 spiro atoms. The first-order valence-corrected chi connectivity index (χ1v) is 11.1. The molecule has 0 unspecified atom stereocenters. The van der Waals surface area contributed by atoms with Crippen molar-refractivity contribution in [1.29, 1.82) is 0 Å². The van der Waals surface area contributed by atoms with Gasteiger partial charge >= 0.3 is 0 Å². The van der Waals surface area contributed by atoms with Gasteiger partial charge < -0.3 is 14.8 Å². The van der Waals surface area contributed by atoms with Gasteiger partial charge in [-0.1, -0.05) is 17.7 Å². The molecule has 0 aromatic heterocycles. The number of nitrogens with one attached hydrogen (secondary N) is 2. The van der Waals surface area contributed by atoms with E-state index in [0.717, 1.165) is 6.07 Å². The molecule has 1 amide bonds. The summed E-state index contributed by atoms with van der Waals surface area (Å²) in [5.41, 5.74) is 0.383. The van der Waals surface area contributed by atoms with Crippen molar-refractivity contribution in [3.05, 3.63) is 81.4 Å². The average molecular weight is 492 g/mol. The van der Waals surface area contributed by atoms with Crippen LogP contribution in [0.4, 0.5) is 17.1 Å². The third kappa shape index (κ3) is 5.51. The van der Waals surface area contributed by atoms with Crippen LogP contribution < -0.4 is 19.5 Å². The maximum absolute atomic E-state index is 12.6. The minimum atomic E-state index is -4.07. The molecule has 2 N–H and O–H groups in total. The van der Waals surface area contributed by atoms with Crippen molar-refractivity contribution < 1.29 is 27.6 Å². The van der Waals surface area contributed by atoms with E-state index in [-0.39, 0.29) is 26.9 Å². The standard InChI is InChI=1S/C21H18ClN3O7S/c1-31-19-12-20(32-2)18(11-17(19)22)23-21(26)13-6-8-14(9-7-13)24-33(29,30)16-5-3-4-15(10-16)25(27)28/h3-12,24H,1-2H3,(H,23,26). The van der Waals surface area contributed by atoms with Gasteiger partial charge in [0.2, 0.25) is 0 Å². The van der Waals surface area contributed by atoms with Crippen molar-refractivity contribution >= 4 is 44.6 Å². The summed E-state index contributed by atoms with van der Waals surface area (Å²) in [5, 5.41) is 13.8. The zero-order chi connectivity index (χ0) is 24.2. The number of non-ortho nitro benzene ring substituents is 1. The van der Waals surface area contributed by atoms with Crippen molar-refractivity contribution in [3.8, 4) is 11.5 Å². The average Bonchev–Trinajstić information content (AvgIpc) is 2.79. The Morgan fingerprint density at radius 3 is 2.27 bits per heavy atom. The molecule has 0 fully saturated rings. The minimum absolute atomic E-state index is 0.170. The second-order valence-corrected chi connectivity index (χ2v) is 8.67. The number of methoxy groups -OCH3 is 2. The molecule has 12 heteroatoms. The van der Waals surface area contributed by atoms with Crippen molar-refractivity contribution in [2.75, 3.05) is 24.3 Å². The molecule has 0 saturated carbocycles. The zero-order valence-electron chi connectivity index (χ0n) is 17.4. The third-order valence-corrected chi connectivity index (χ3v) is 6.13. The quantitative estimate of drug-likeness (QED) is 0.353. The molecule has 0 radical (unpaired) electrons. The number of nitro groups is 1. The summed E-state index contributed by atoms with van der Waals surface area (Å²) >= 11 is 6.11. The van der Waals surface area contributed by atoms with Crippen LogP contribution in [0.2, 0.25) is 5.02 Å². The highest BCUT2D eigenvalue weighted by Gasteiger charge is 2.18. The lowest BCUT2D eigenvalue weighted by atomic mass is 10.2. The second kappa shape index (κ2) is 9.76. The number of hydrogen-bond donors (Lipinski definition) is 2. The van der Waals surface area contributed by atoms with E-state index in [1.807, 2.05) is 0 Å². The molecule has 3 aromatic rings. The number of anilines is 2. The lowest BCUT2D eigenvalue weighted by molar-refractivity contribution is -0.385. The van der Waals surface area contributed by atoms with Crippen LogP contribution in [0.25, 0.3) is 0 Å². The number of carbonyl (C=O) groups is 1. The van der Waals surface area contributed by atoms with Gasteiger partial charge in [0.1, 0.15) is 11.5 Å². The summed E-state index contributed by atoms with van der Waals surface area (Å²) in [4.78, 5) is 22.6. The van der Waals surface area contributed by atoms with E-state index in [1.165, 1.54) is 68.8 Å². The number of sulfonamides is 1. The number of carbonyl (C=O) groups excluding carboxylic acids is 1. The predicted octanol–water partition coefficient (Wildman–Crippen LogP) is 4.32. The van der Waals surface area contributed by atoms with E-state index in [1.54, 1.807) is 0 Å². The van der Waals surface area contributed by atoms with Crippen LogP contribution in [0.1, 0.15) is 10.4 Å². The van der Waals surface area contributed by atoms with Gasteiger partial charge in [-0.3, -0.25) is 19.6 Å². The molecule has 33 heavy (non-hydrogen) atoms. The molecule has 3 rings (SSSR count). The molecular weight excluding hydrogens is 474 g/mol. The van der Waals surface area contributed by atoms with Crippen molar-refractivity contribution in [3.63, 3.8) is 0 Å². The van der Waals surface area contributed by atoms with E-state index in [9.17, 15) is 23.3 Å². The number of halogens is 1. The number of rotatable bonds is 8. The summed E-state index contributed by atoms with van der Waals surface area (Å²) in [5.74, 6) is 0.237. The Balaban J connectivity index is 1.76. The van der Waals surface area contributed by atoms with Gasteiger partial charge in [-0.25, -0.2) is 8.42 Å². The molecule has 0 atom stereocenters. The summed E-state index contributed by atoms with van der Waals surface area (Å²) in [6, 6.07) is 13.3. The molecular formula is C21H18ClN3O7S. The highest BCUT2D eigenvalue weighted by molar-refractivity contribution is 7.92. The molecule has 3 aromatic carbocycles. The molecule has 0 aliphatic rings. The summed E-state index contributed by atoms with van der Waals surface area (Å²) in [6.07, 6.45) is 0. The first-order valence-electron chi connectivity index (χ1n) is 9.25. The Morgan fingerprint density at radius 2 is 1.67 bits per heavy atom. The highest BCUT2D eigenvalue weighted by Crippen LogP contribution is 2.36. The van der Waals surface area contributed by atoms with E-state index in [2.05, 4.69) is 10.0 Å². The van der Waals surface area contributed by atoms with Crippen LogP contribution in [0, 0.1) is 10.1 Å². The van der Waals surface area contributed by atoms with Crippen LogP contribution in [0.5, 0.6) is 11.5 Å². The SMILES string of the molecule is COc1cc(OC)c(NC(=O)c2ccc(NS(=O)(=O)c3cccc([N+](=O)[O-])c3)cc2)cc1Cl. The fourth-order valence-corrected chi connectivity index (χ4v) is 4.16. The number of amides is 1. The van der Waals surface area contributed by atoms with E-state index in [0.29, 0.717) is 17.2 Å². The number of ether oxygens (including phenoxy) is 2. The summed E-state index contributed by atoms with van der Waals surface area (Å²) < 4.78 is 37.8. The zero-order valence-corrected chi connectivity index (χ0v) is 18.9. The molecule has 0 bridgehead atoms. The Bertz CT molecular complexity index is 1310. The monoisotopic (exact) mass is 491 g/mol. The lowest BCUT2D eigenvalue weighted by Crippen LogP contribution is -2.14. The van der Waals surface area contributed by atoms with Gasteiger partial charge in [-0.15, -0.1) is 0 Å². The minimum Gasteiger partial charge on any atom is -0.495 e. The van der Waals surface area contributed by atoms with Gasteiger partial charge in [0.05, 0.1) is 34.7 Å². The molecule has 0 saturated heterocycles. The van der Waals surface area contributed by atoms with Gasteiger partial charge in [0.15, 0.2) is 0 Å². The molecule has 0 aliphatic carbocycles. The Labute approximate surface area is 194 Å². The second-order valence-electron chi connectivity index (χ2n) is 6.58. The maximum Gasteiger partial charge on any atom is 0.270 e. The number of nitrogens with zero attached hydrogens (tertiary/aromatic N) is 1. The number of benzene rings is 3. The summed E-state index contributed by atoms with van der Waals surface area (Å²) in [6.45, 7) is 0. The van der Waals surface area contributed by atoms with E-state index >= 15 is 0 Å². The smallest absolute Gasteiger partial charge is 0.270 e. The van der Waals surface area contributed by atoms with E-state index in [4.69, 9.17) is 21.1 Å². The first-order chi connectivity index (χ1) is 15.6. The molecule has 172 valence electrons. The van der Waals surface area contributed by atoms with Gasteiger partial charge in [0, 0.05) is 29.4 Å². The summed E-state index contributed by atoms with van der Waals surface area (Å²) in [7, 11) is -1.19. The third-order valence-electron chi connectivity index (χ3n) is 4.46. The van der Waals surface area contributed by atoms with Crippen molar-refractivity contribution in [2.24, 2.45) is 0 Å². The van der Waals surface area contributed by atoms with Crippen LogP contribution >= 0.6 is 11.6 Å². The molecule has 0 aliphatic heterocycles. The molecule has 0 heterocycles. The van der Waals surface area contributed by atoms with Crippen LogP contribution in [0.3, 0.4) is 0 Å². The van der Waals surface area contributed by atoms with Gasteiger partial charge in [-0.2, -0.15) is 0 Å². The normalized spacial score (nSPS) is 10.9. The van der Waals surface area contributed by atoms with E-state index < -0.39 is 20.9 Å².